The maximum atomic E-state index is 10.0. The van der Waals surface area contributed by atoms with Crippen LogP contribution in [0.1, 0.15) is 13.8 Å². The number of carbonyl (C=O) groups is 1. The van der Waals surface area contributed by atoms with Gasteiger partial charge in [-0.25, -0.2) is 0 Å². The summed E-state index contributed by atoms with van der Waals surface area (Å²) in [5, 5.41) is 84.7. The van der Waals surface area contributed by atoms with Crippen molar-refractivity contribution >= 4 is 5.78 Å². The Morgan fingerprint density at radius 3 is 0.684 bits per heavy atom. The minimum Gasteiger partial charge on any atom is -0.512 e. The molecule has 0 fully saturated rings. The number of ketones is 1. The fourth-order valence-electron chi connectivity index (χ4n) is 2.57. The van der Waals surface area contributed by atoms with Gasteiger partial charge in [0.05, 0.1) is 65.2 Å². The first-order valence-corrected chi connectivity index (χ1v) is 12.2. The predicted octanol–water partition coefficient (Wildman–Crippen LogP) is -4.17. The van der Waals surface area contributed by atoms with Gasteiger partial charge in [-0.3, -0.25) is 19.5 Å². The summed E-state index contributed by atoms with van der Waals surface area (Å²) in [7, 11) is 0. The van der Waals surface area contributed by atoms with E-state index in [1.807, 2.05) is 0 Å². The average molecular weight is 639 g/mol. The first kappa shape index (κ1) is 47.4. The summed E-state index contributed by atoms with van der Waals surface area (Å²) >= 11 is 0. The molecule has 0 aromatic carbocycles. The van der Waals surface area contributed by atoms with Crippen LogP contribution in [0.3, 0.4) is 0 Å². The van der Waals surface area contributed by atoms with Gasteiger partial charge < -0.3 is 51.1 Å². The van der Waals surface area contributed by atoms with Gasteiger partial charge in [0, 0.05) is 91.2 Å². The Kier molecular flexibility index (Phi) is 51.3. The largest absolute Gasteiger partial charge is 0.512 e. The van der Waals surface area contributed by atoms with Crippen LogP contribution in [0, 0.1) is 0 Å². The van der Waals surface area contributed by atoms with Crippen molar-refractivity contribution in [3.05, 3.63) is 11.8 Å². The number of carbonyl (C=O) groups excluding carboxylic acids is 1. The number of aliphatic hydroxyl groups excluding tert-OH is 10. The second-order valence-corrected chi connectivity index (χ2v) is 7.43. The van der Waals surface area contributed by atoms with Crippen LogP contribution >= 0.6 is 0 Å². The van der Waals surface area contributed by atoms with Crippen molar-refractivity contribution in [2.75, 3.05) is 118 Å². The summed E-state index contributed by atoms with van der Waals surface area (Å²) in [6, 6.07) is 0. The Morgan fingerprint density at radius 1 is 0.474 bits per heavy atom. The molecule has 0 aliphatic rings. The molecule has 0 spiro atoms. The number of rotatable bonds is 19. The van der Waals surface area contributed by atoms with Crippen LogP contribution in [0.15, 0.2) is 11.8 Å². The molecule has 0 aliphatic carbocycles. The summed E-state index contributed by atoms with van der Waals surface area (Å²) in [4.78, 5) is 15.4. The Morgan fingerprint density at radius 2 is 0.632 bits per heavy atom. The van der Waals surface area contributed by atoms with Crippen LogP contribution in [0.5, 0.6) is 0 Å². The Hall–Kier alpha value is -0.387. The van der Waals surface area contributed by atoms with E-state index in [1.54, 1.807) is 14.7 Å². The topological polar surface area (TPSA) is 229 Å². The molecule has 0 saturated carbocycles. The third kappa shape index (κ3) is 45.5. The number of nitrogens with zero attached hydrogens (tertiary/aromatic N) is 3. The van der Waals surface area contributed by atoms with E-state index in [0.717, 1.165) is 0 Å². The third-order valence-electron chi connectivity index (χ3n) is 4.16. The smallest absolute Gasteiger partial charge is 0.155 e. The molecule has 0 amide bonds. The van der Waals surface area contributed by atoms with Gasteiger partial charge in [-0.05, 0) is 13.8 Å². The molecular formula is C23H53N3O11Zr. The molecule has 0 aliphatic heterocycles. The second-order valence-electron chi connectivity index (χ2n) is 7.43. The van der Waals surface area contributed by atoms with Gasteiger partial charge in [0.2, 0.25) is 0 Å². The van der Waals surface area contributed by atoms with Crippen LogP contribution in [-0.4, -0.2) is 190 Å². The minimum absolute atomic E-state index is 0. The standard InChI is InChI=1S/3C6H15NO3.C5H8O2.Zr/c3*8-4-1-7(2-5-9)3-6-10;1-4(6)3-5(2)7;/h3*8-10H,1-6H2;3,6H,1-2H3;/b;;;4-3-;. The molecule has 0 aromatic heterocycles. The van der Waals surface area contributed by atoms with Crippen molar-refractivity contribution in [2.24, 2.45) is 0 Å². The van der Waals surface area contributed by atoms with Crippen molar-refractivity contribution in [3.63, 3.8) is 0 Å². The molecule has 0 atom stereocenters. The predicted molar refractivity (Wildman–Crippen MR) is 140 cm³/mol. The fraction of sp³-hybridized carbons (Fsp3) is 0.870. The Labute approximate surface area is 246 Å². The SMILES string of the molecule is CC(=O)/C=C(/C)O.OCCN(CCO)CCO.OCCN(CCO)CCO.OCCN(CCO)CCO.[Zr]. The average Bonchev–Trinajstić information content (AvgIpc) is 2.81. The van der Waals surface area contributed by atoms with Crippen molar-refractivity contribution in [1.82, 2.24) is 14.7 Å². The maximum absolute atomic E-state index is 10.0. The molecule has 0 unspecified atom stereocenters. The summed E-state index contributed by atoms with van der Waals surface area (Å²) in [6.45, 7) is 8.11. The van der Waals surface area contributed by atoms with Crippen LogP contribution in [-0.2, 0) is 31.0 Å². The van der Waals surface area contributed by atoms with E-state index in [-0.39, 0.29) is 97.2 Å². The van der Waals surface area contributed by atoms with E-state index in [2.05, 4.69) is 0 Å². The molecule has 14 nitrogen and oxygen atoms in total. The van der Waals surface area contributed by atoms with Crippen LogP contribution in [0.25, 0.3) is 0 Å². The fourth-order valence-corrected chi connectivity index (χ4v) is 2.57. The number of hydrogen-bond acceptors (Lipinski definition) is 14. The molecule has 230 valence electrons. The zero-order valence-electron chi connectivity index (χ0n) is 23.0. The van der Waals surface area contributed by atoms with E-state index in [4.69, 9.17) is 51.1 Å². The van der Waals surface area contributed by atoms with E-state index < -0.39 is 0 Å². The van der Waals surface area contributed by atoms with Crippen molar-refractivity contribution in [3.8, 4) is 0 Å². The molecule has 0 aromatic rings. The molecule has 0 bridgehead atoms. The molecule has 15 heteroatoms. The van der Waals surface area contributed by atoms with Crippen molar-refractivity contribution in [2.45, 2.75) is 13.8 Å². The molecule has 0 rings (SSSR count). The van der Waals surface area contributed by atoms with Gasteiger partial charge >= 0.3 is 0 Å². The van der Waals surface area contributed by atoms with E-state index in [9.17, 15) is 4.79 Å². The van der Waals surface area contributed by atoms with Gasteiger partial charge in [-0.2, -0.15) is 0 Å². The van der Waals surface area contributed by atoms with E-state index in [1.165, 1.54) is 19.9 Å². The summed E-state index contributed by atoms with van der Waals surface area (Å²) < 4.78 is 0. The molecule has 0 radical (unpaired) electrons. The van der Waals surface area contributed by atoms with Gasteiger partial charge in [0.15, 0.2) is 5.78 Å². The number of hydrogen-bond donors (Lipinski definition) is 10. The molecule has 38 heavy (non-hydrogen) atoms. The Bertz CT molecular complexity index is 392. The number of allylic oxidation sites excluding steroid dienone is 2. The maximum Gasteiger partial charge on any atom is 0.155 e. The summed E-state index contributed by atoms with van der Waals surface area (Å²) in [5.74, 6) is -0.0625. The monoisotopic (exact) mass is 637 g/mol. The first-order chi connectivity index (χ1) is 17.7. The molecule has 0 heterocycles. The molecule has 10 N–H and O–H groups in total. The quantitative estimate of drug-likeness (QED) is 0.0478. The Balaban J connectivity index is -0.000000127. The van der Waals surface area contributed by atoms with Crippen LogP contribution in [0.2, 0.25) is 0 Å². The van der Waals surface area contributed by atoms with Crippen molar-refractivity contribution < 1.29 is 82.1 Å². The summed E-state index contributed by atoms with van der Waals surface area (Å²) in [5.41, 5.74) is 0. The number of aliphatic hydroxyl groups is 10. The third-order valence-corrected chi connectivity index (χ3v) is 4.16. The van der Waals surface area contributed by atoms with Crippen LogP contribution < -0.4 is 0 Å². The molecular weight excluding hydrogens is 585 g/mol. The van der Waals surface area contributed by atoms with Gasteiger partial charge in [0.25, 0.3) is 0 Å². The second kappa shape index (κ2) is 41.1. The normalized spacial score (nSPS) is 10.6. The van der Waals surface area contributed by atoms with Crippen LogP contribution in [0.4, 0.5) is 0 Å². The van der Waals surface area contributed by atoms with Crippen molar-refractivity contribution in [1.29, 1.82) is 0 Å². The molecule has 0 saturated heterocycles. The van der Waals surface area contributed by atoms with Gasteiger partial charge in [-0.1, -0.05) is 0 Å². The van der Waals surface area contributed by atoms with E-state index >= 15 is 0 Å². The summed E-state index contributed by atoms with van der Waals surface area (Å²) in [6.07, 6.45) is 1.17. The zero-order valence-corrected chi connectivity index (χ0v) is 25.5. The van der Waals surface area contributed by atoms with Gasteiger partial charge in [-0.15, -0.1) is 0 Å². The zero-order chi connectivity index (χ0) is 29.3. The first-order valence-electron chi connectivity index (χ1n) is 12.2. The van der Waals surface area contributed by atoms with E-state index in [0.29, 0.717) is 58.9 Å². The van der Waals surface area contributed by atoms with Gasteiger partial charge in [0.1, 0.15) is 0 Å². The minimum atomic E-state index is -0.125.